The van der Waals surface area contributed by atoms with E-state index in [4.69, 9.17) is 25.8 Å². The van der Waals surface area contributed by atoms with Gasteiger partial charge in [0, 0.05) is 24.2 Å². The molecule has 0 atom stereocenters. The van der Waals surface area contributed by atoms with E-state index in [2.05, 4.69) is 10.6 Å². The van der Waals surface area contributed by atoms with E-state index in [9.17, 15) is 19.2 Å². The lowest BCUT2D eigenvalue weighted by Crippen LogP contribution is -2.21. The molecular formula is C28H27ClN2O7. The first-order chi connectivity index (χ1) is 18.3. The lowest BCUT2D eigenvalue weighted by Gasteiger charge is -2.09. The SMILES string of the molecule is CCOC(=O)c1ccc(NC(=O)COC(=O)CCCC(=O)Nc2ccc(Oc3ccccc3Cl)cc2)cc1. The van der Waals surface area contributed by atoms with Crippen LogP contribution in [0.15, 0.2) is 72.8 Å². The van der Waals surface area contributed by atoms with Gasteiger partial charge in [0.15, 0.2) is 6.61 Å². The van der Waals surface area contributed by atoms with Crippen molar-refractivity contribution in [2.75, 3.05) is 23.8 Å². The minimum absolute atomic E-state index is 0.0143. The molecule has 3 aromatic rings. The van der Waals surface area contributed by atoms with Crippen molar-refractivity contribution in [1.29, 1.82) is 0 Å². The Hall–Kier alpha value is -4.37. The average molecular weight is 539 g/mol. The van der Waals surface area contributed by atoms with Crippen molar-refractivity contribution in [2.45, 2.75) is 26.2 Å². The zero-order chi connectivity index (χ0) is 27.3. The third-order valence-corrected chi connectivity index (χ3v) is 5.34. The van der Waals surface area contributed by atoms with Crippen LogP contribution >= 0.6 is 11.6 Å². The number of halogens is 1. The maximum Gasteiger partial charge on any atom is 0.338 e. The molecule has 0 saturated carbocycles. The monoisotopic (exact) mass is 538 g/mol. The molecule has 198 valence electrons. The maximum atomic E-state index is 12.2. The van der Waals surface area contributed by atoms with Gasteiger partial charge in [0.25, 0.3) is 5.91 Å². The zero-order valence-electron chi connectivity index (χ0n) is 20.7. The molecule has 3 rings (SSSR count). The van der Waals surface area contributed by atoms with Crippen LogP contribution in [0.3, 0.4) is 0 Å². The third kappa shape index (κ3) is 9.25. The summed E-state index contributed by atoms with van der Waals surface area (Å²) >= 11 is 6.09. The predicted octanol–water partition coefficient (Wildman–Crippen LogP) is 5.60. The number of hydrogen-bond donors (Lipinski definition) is 2. The molecule has 10 heteroatoms. The number of ether oxygens (including phenoxy) is 3. The molecule has 0 aliphatic rings. The van der Waals surface area contributed by atoms with Crippen molar-refractivity contribution in [1.82, 2.24) is 0 Å². The number of benzene rings is 3. The molecule has 0 bridgehead atoms. The summed E-state index contributed by atoms with van der Waals surface area (Å²) in [5.41, 5.74) is 1.38. The molecule has 9 nitrogen and oxygen atoms in total. The van der Waals surface area contributed by atoms with E-state index in [-0.39, 0.29) is 31.8 Å². The van der Waals surface area contributed by atoms with E-state index in [1.54, 1.807) is 55.5 Å². The van der Waals surface area contributed by atoms with Gasteiger partial charge < -0.3 is 24.8 Å². The standard InChI is InChI=1S/C28H27ClN2O7/c1-2-36-28(35)19-10-12-20(13-11-19)31-26(33)18-37-27(34)9-5-8-25(32)30-21-14-16-22(17-15-21)38-24-7-4-3-6-23(24)29/h3-4,6-7,10-17H,2,5,8-9,18H2,1H3,(H,30,32)(H,31,33). The summed E-state index contributed by atoms with van der Waals surface area (Å²) in [6.07, 6.45) is 0.348. The highest BCUT2D eigenvalue weighted by molar-refractivity contribution is 6.32. The molecular weight excluding hydrogens is 512 g/mol. The van der Waals surface area contributed by atoms with Crippen LogP contribution in [0.25, 0.3) is 0 Å². The minimum atomic E-state index is -0.591. The molecule has 3 aromatic carbocycles. The number of amides is 2. The van der Waals surface area contributed by atoms with Gasteiger partial charge in [-0.05, 0) is 74.0 Å². The molecule has 0 aromatic heterocycles. The number of nitrogens with one attached hydrogen (secondary N) is 2. The zero-order valence-corrected chi connectivity index (χ0v) is 21.5. The molecule has 0 fully saturated rings. The molecule has 2 amide bonds. The van der Waals surface area contributed by atoms with Crippen molar-refractivity contribution in [2.24, 2.45) is 0 Å². The molecule has 38 heavy (non-hydrogen) atoms. The normalized spacial score (nSPS) is 10.3. The fourth-order valence-electron chi connectivity index (χ4n) is 3.20. The van der Waals surface area contributed by atoms with Crippen molar-refractivity contribution < 1.29 is 33.4 Å². The van der Waals surface area contributed by atoms with E-state index in [0.717, 1.165) is 0 Å². The quantitative estimate of drug-likeness (QED) is 0.288. The van der Waals surface area contributed by atoms with Gasteiger partial charge in [0.05, 0.1) is 17.2 Å². The summed E-state index contributed by atoms with van der Waals surface area (Å²) in [6.45, 7) is 1.51. The summed E-state index contributed by atoms with van der Waals surface area (Å²) in [6, 6.07) is 20.0. The minimum Gasteiger partial charge on any atom is -0.462 e. The Balaban J connectivity index is 1.32. The summed E-state index contributed by atoms with van der Waals surface area (Å²) in [5, 5.41) is 5.81. The van der Waals surface area contributed by atoms with Crippen LogP contribution in [-0.4, -0.2) is 37.0 Å². The van der Waals surface area contributed by atoms with Crippen molar-refractivity contribution >= 4 is 46.7 Å². The first-order valence-corrected chi connectivity index (χ1v) is 12.3. The Bertz CT molecular complexity index is 1260. The van der Waals surface area contributed by atoms with E-state index >= 15 is 0 Å². The Kier molecular flexibility index (Phi) is 10.7. The van der Waals surface area contributed by atoms with Gasteiger partial charge in [-0.2, -0.15) is 0 Å². The number of carbonyl (C=O) groups excluding carboxylic acids is 4. The van der Waals surface area contributed by atoms with Gasteiger partial charge in [-0.25, -0.2) is 4.79 Å². The van der Waals surface area contributed by atoms with Crippen LogP contribution in [-0.2, 0) is 23.9 Å². The lowest BCUT2D eigenvalue weighted by atomic mass is 10.2. The smallest absolute Gasteiger partial charge is 0.338 e. The van der Waals surface area contributed by atoms with Crippen molar-refractivity contribution in [3.8, 4) is 11.5 Å². The van der Waals surface area contributed by atoms with Gasteiger partial charge in [0.1, 0.15) is 11.5 Å². The van der Waals surface area contributed by atoms with Gasteiger partial charge in [0.2, 0.25) is 5.91 Å². The van der Waals surface area contributed by atoms with Gasteiger partial charge in [-0.1, -0.05) is 23.7 Å². The molecule has 0 aliphatic carbocycles. The predicted molar refractivity (Wildman–Crippen MR) is 142 cm³/mol. The largest absolute Gasteiger partial charge is 0.462 e. The molecule has 0 saturated heterocycles. The van der Waals surface area contributed by atoms with Crippen LogP contribution in [0, 0.1) is 0 Å². The van der Waals surface area contributed by atoms with E-state index in [1.165, 1.54) is 12.1 Å². The second-order valence-corrected chi connectivity index (χ2v) is 8.37. The number of esters is 2. The van der Waals surface area contributed by atoms with Crippen LogP contribution in [0.2, 0.25) is 5.02 Å². The molecule has 0 unspecified atom stereocenters. The number of anilines is 2. The molecule has 0 radical (unpaired) electrons. The molecule has 0 aliphatic heterocycles. The van der Waals surface area contributed by atoms with E-state index in [0.29, 0.717) is 33.5 Å². The highest BCUT2D eigenvalue weighted by atomic mass is 35.5. The lowest BCUT2D eigenvalue weighted by molar-refractivity contribution is -0.147. The fourth-order valence-corrected chi connectivity index (χ4v) is 3.37. The summed E-state index contributed by atoms with van der Waals surface area (Å²) in [5.74, 6) is -0.739. The van der Waals surface area contributed by atoms with Crippen LogP contribution in [0.1, 0.15) is 36.5 Å². The van der Waals surface area contributed by atoms with Crippen molar-refractivity contribution in [3.63, 3.8) is 0 Å². The van der Waals surface area contributed by atoms with E-state index in [1.807, 2.05) is 12.1 Å². The molecule has 0 spiro atoms. The fraction of sp³-hybridized carbons (Fsp3) is 0.214. The van der Waals surface area contributed by atoms with Gasteiger partial charge >= 0.3 is 11.9 Å². The Morgan fingerprint density at radius 2 is 1.39 bits per heavy atom. The second kappa shape index (κ2) is 14.4. The van der Waals surface area contributed by atoms with Crippen molar-refractivity contribution in [3.05, 3.63) is 83.4 Å². The van der Waals surface area contributed by atoms with Gasteiger partial charge in [-0.3, -0.25) is 14.4 Å². The van der Waals surface area contributed by atoms with Crippen LogP contribution in [0.4, 0.5) is 11.4 Å². The van der Waals surface area contributed by atoms with Crippen LogP contribution in [0.5, 0.6) is 11.5 Å². The highest BCUT2D eigenvalue weighted by Crippen LogP contribution is 2.29. The number of hydrogen-bond acceptors (Lipinski definition) is 7. The molecule has 0 heterocycles. The second-order valence-electron chi connectivity index (χ2n) is 7.97. The maximum absolute atomic E-state index is 12.2. The highest BCUT2D eigenvalue weighted by Gasteiger charge is 2.11. The summed E-state index contributed by atoms with van der Waals surface area (Å²) < 4.78 is 15.6. The number of carbonyl (C=O) groups is 4. The number of rotatable bonds is 12. The van der Waals surface area contributed by atoms with E-state index < -0.39 is 24.5 Å². The summed E-state index contributed by atoms with van der Waals surface area (Å²) in [4.78, 5) is 47.8. The Morgan fingerprint density at radius 3 is 2.05 bits per heavy atom. The topological polar surface area (TPSA) is 120 Å². The van der Waals surface area contributed by atoms with Gasteiger partial charge in [-0.15, -0.1) is 0 Å². The molecule has 2 N–H and O–H groups in total. The number of para-hydroxylation sites is 1. The first kappa shape index (κ1) is 28.2. The van der Waals surface area contributed by atoms with Crippen LogP contribution < -0.4 is 15.4 Å². The Labute approximate surface area is 225 Å². The first-order valence-electron chi connectivity index (χ1n) is 11.9. The summed E-state index contributed by atoms with van der Waals surface area (Å²) in [7, 11) is 0. The third-order valence-electron chi connectivity index (χ3n) is 5.03. The average Bonchev–Trinajstić information content (AvgIpc) is 2.90. The Morgan fingerprint density at radius 1 is 0.763 bits per heavy atom.